The van der Waals surface area contributed by atoms with E-state index < -0.39 is 0 Å². The number of aryl methyl sites for hydroxylation is 2. The first-order chi connectivity index (χ1) is 9.16. The topological polar surface area (TPSA) is 51.0 Å². The molecular formula is C13H16N4OS. The zero-order chi connectivity index (χ0) is 13.4. The fourth-order valence-corrected chi connectivity index (χ4v) is 3.21. The van der Waals surface area contributed by atoms with Crippen LogP contribution in [-0.2, 0) is 7.05 Å². The lowest BCUT2D eigenvalue weighted by Gasteiger charge is -2.23. The van der Waals surface area contributed by atoms with Crippen LogP contribution in [0.5, 0.6) is 0 Å². The number of nitrogens with zero attached hydrogens (tertiary/aromatic N) is 4. The van der Waals surface area contributed by atoms with Crippen LogP contribution in [0.2, 0.25) is 0 Å². The second-order valence-electron chi connectivity index (χ2n) is 4.88. The summed E-state index contributed by atoms with van der Waals surface area (Å²) in [5, 5.41) is 1.81. The average Bonchev–Trinajstić information content (AvgIpc) is 3.08. The molecule has 1 amide bonds. The molecule has 0 radical (unpaired) electrons. The molecule has 1 aliphatic rings. The van der Waals surface area contributed by atoms with Crippen molar-refractivity contribution in [2.75, 3.05) is 6.54 Å². The van der Waals surface area contributed by atoms with E-state index >= 15 is 0 Å². The average molecular weight is 276 g/mol. The second kappa shape index (κ2) is 4.77. The van der Waals surface area contributed by atoms with Crippen molar-refractivity contribution in [2.45, 2.75) is 25.8 Å². The maximum atomic E-state index is 12.4. The van der Waals surface area contributed by atoms with Gasteiger partial charge in [0.15, 0.2) is 0 Å². The minimum absolute atomic E-state index is 0.0180. The molecule has 1 saturated heterocycles. The van der Waals surface area contributed by atoms with Gasteiger partial charge < -0.3 is 9.47 Å². The lowest BCUT2D eigenvalue weighted by molar-refractivity contribution is 0.0723. The van der Waals surface area contributed by atoms with Crippen LogP contribution in [0.25, 0.3) is 0 Å². The van der Waals surface area contributed by atoms with Crippen LogP contribution in [0.1, 0.15) is 40.9 Å². The predicted molar refractivity (Wildman–Crippen MR) is 73.1 cm³/mol. The highest BCUT2D eigenvalue weighted by atomic mass is 32.1. The molecule has 0 aliphatic carbocycles. The summed E-state index contributed by atoms with van der Waals surface area (Å²) in [5.41, 5.74) is 3.23. The number of aromatic nitrogens is 3. The molecule has 1 aliphatic heterocycles. The monoisotopic (exact) mass is 276 g/mol. The van der Waals surface area contributed by atoms with E-state index in [1.54, 1.807) is 10.9 Å². The molecule has 0 N–H and O–H groups in total. The van der Waals surface area contributed by atoms with E-state index in [2.05, 4.69) is 9.97 Å². The zero-order valence-corrected chi connectivity index (χ0v) is 11.9. The summed E-state index contributed by atoms with van der Waals surface area (Å²) >= 11 is 1.45. The second-order valence-corrected chi connectivity index (χ2v) is 5.60. The highest BCUT2D eigenvalue weighted by Gasteiger charge is 2.33. The van der Waals surface area contributed by atoms with Crippen LogP contribution in [-0.4, -0.2) is 31.9 Å². The first-order valence-corrected chi connectivity index (χ1v) is 7.30. The number of thiazole rings is 1. The van der Waals surface area contributed by atoms with E-state index in [0.717, 1.165) is 30.9 Å². The molecule has 0 unspecified atom stereocenters. The van der Waals surface area contributed by atoms with Crippen LogP contribution >= 0.6 is 11.3 Å². The van der Waals surface area contributed by atoms with Gasteiger partial charge in [-0.25, -0.2) is 9.97 Å². The van der Waals surface area contributed by atoms with Crippen LogP contribution in [0.3, 0.4) is 0 Å². The maximum Gasteiger partial charge on any atom is 0.273 e. The summed E-state index contributed by atoms with van der Waals surface area (Å²) in [6.07, 6.45) is 3.99. The van der Waals surface area contributed by atoms with Gasteiger partial charge in [-0.1, -0.05) is 0 Å². The highest BCUT2D eigenvalue weighted by Crippen LogP contribution is 2.32. The van der Waals surface area contributed by atoms with Gasteiger partial charge in [-0.3, -0.25) is 4.79 Å². The van der Waals surface area contributed by atoms with Crippen molar-refractivity contribution in [2.24, 2.45) is 7.05 Å². The van der Waals surface area contributed by atoms with Crippen molar-refractivity contribution >= 4 is 17.2 Å². The van der Waals surface area contributed by atoms with Gasteiger partial charge in [-0.15, -0.1) is 11.3 Å². The molecule has 0 bridgehead atoms. The maximum absolute atomic E-state index is 12.4. The van der Waals surface area contributed by atoms with E-state index in [4.69, 9.17) is 0 Å². The Labute approximate surface area is 115 Å². The highest BCUT2D eigenvalue weighted by molar-refractivity contribution is 7.07. The smallest absolute Gasteiger partial charge is 0.273 e. The number of carbonyl (C=O) groups is 1. The van der Waals surface area contributed by atoms with Crippen LogP contribution in [0.15, 0.2) is 17.1 Å². The van der Waals surface area contributed by atoms with Gasteiger partial charge in [0.1, 0.15) is 11.5 Å². The largest absolute Gasteiger partial charge is 0.336 e. The number of imidazole rings is 1. The van der Waals surface area contributed by atoms with Gasteiger partial charge >= 0.3 is 0 Å². The summed E-state index contributed by atoms with van der Waals surface area (Å²) in [4.78, 5) is 23.0. The first kappa shape index (κ1) is 12.3. The van der Waals surface area contributed by atoms with Gasteiger partial charge in [-0.05, 0) is 19.8 Å². The van der Waals surface area contributed by atoms with E-state index in [1.807, 2.05) is 29.6 Å². The van der Waals surface area contributed by atoms with E-state index in [1.165, 1.54) is 11.3 Å². The Morgan fingerprint density at radius 1 is 1.53 bits per heavy atom. The van der Waals surface area contributed by atoms with E-state index in [-0.39, 0.29) is 11.9 Å². The van der Waals surface area contributed by atoms with Gasteiger partial charge in [0.05, 0.1) is 17.2 Å². The van der Waals surface area contributed by atoms with Crippen molar-refractivity contribution in [1.29, 1.82) is 0 Å². The third kappa shape index (κ3) is 2.16. The lowest BCUT2D eigenvalue weighted by Crippen LogP contribution is -2.32. The van der Waals surface area contributed by atoms with Crippen molar-refractivity contribution in [3.05, 3.63) is 34.3 Å². The van der Waals surface area contributed by atoms with Crippen molar-refractivity contribution in [1.82, 2.24) is 19.4 Å². The first-order valence-electron chi connectivity index (χ1n) is 6.36. The summed E-state index contributed by atoms with van der Waals surface area (Å²) in [7, 11) is 1.99. The van der Waals surface area contributed by atoms with Crippen LogP contribution in [0, 0.1) is 6.92 Å². The summed E-state index contributed by atoms with van der Waals surface area (Å²) in [6, 6.07) is 0.0768. The van der Waals surface area contributed by atoms with Crippen molar-refractivity contribution in [3.63, 3.8) is 0 Å². The zero-order valence-electron chi connectivity index (χ0n) is 11.0. The Morgan fingerprint density at radius 3 is 3.00 bits per heavy atom. The molecule has 0 spiro atoms. The fourth-order valence-electron chi connectivity index (χ4n) is 2.69. The van der Waals surface area contributed by atoms with E-state index in [9.17, 15) is 4.79 Å². The molecule has 5 nitrogen and oxygen atoms in total. The minimum Gasteiger partial charge on any atom is -0.336 e. The number of likely N-dealkylation sites (tertiary alicyclic amines) is 1. The predicted octanol–water partition coefficient (Wildman–Crippen LogP) is 2.16. The summed E-state index contributed by atoms with van der Waals surface area (Å²) in [6.45, 7) is 2.76. The Morgan fingerprint density at radius 2 is 2.37 bits per heavy atom. The molecule has 6 heteroatoms. The van der Waals surface area contributed by atoms with Crippen molar-refractivity contribution in [3.8, 4) is 0 Å². The van der Waals surface area contributed by atoms with Gasteiger partial charge in [-0.2, -0.15) is 0 Å². The third-order valence-electron chi connectivity index (χ3n) is 3.50. The third-order valence-corrected chi connectivity index (χ3v) is 4.08. The van der Waals surface area contributed by atoms with Gasteiger partial charge in [0.2, 0.25) is 0 Å². The molecular weight excluding hydrogens is 260 g/mol. The molecule has 19 heavy (non-hydrogen) atoms. The summed E-state index contributed by atoms with van der Waals surface area (Å²) < 4.78 is 2.02. The lowest BCUT2D eigenvalue weighted by atomic mass is 10.2. The normalized spacial score (nSPS) is 19.1. The molecule has 100 valence electrons. The Hall–Kier alpha value is -1.69. The fraction of sp³-hybridized carbons (Fsp3) is 0.462. The van der Waals surface area contributed by atoms with Crippen LogP contribution < -0.4 is 0 Å². The number of amides is 1. The van der Waals surface area contributed by atoms with Gasteiger partial charge in [0.25, 0.3) is 5.91 Å². The molecule has 0 aromatic carbocycles. The molecule has 0 saturated carbocycles. The molecule has 3 rings (SSSR count). The van der Waals surface area contributed by atoms with Gasteiger partial charge in [0, 0.05) is 25.2 Å². The molecule has 2 aromatic rings. The van der Waals surface area contributed by atoms with Crippen molar-refractivity contribution < 1.29 is 4.79 Å². The molecule has 1 fully saturated rings. The number of hydrogen-bond acceptors (Lipinski definition) is 4. The van der Waals surface area contributed by atoms with E-state index in [0.29, 0.717) is 5.69 Å². The number of rotatable bonds is 2. The quantitative estimate of drug-likeness (QED) is 0.844. The molecule has 2 aromatic heterocycles. The Balaban J connectivity index is 1.90. The molecule has 1 atom stereocenters. The standard InChI is InChI=1S/C13H16N4OS/c1-9-6-16(2)12(15-9)11-4-3-5-17(11)13(18)10-7-19-8-14-10/h6-8,11H,3-5H2,1-2H3/t11-/m1/s1. The molecule has 3 heterocycles. The minimum atomic E-state index is 0.0180. The number of carbonyl (C=O) groups excluding carboxylic acids is 1. The van der Waals surface area contributed by atoms with Crippen LogP contribution in [0.4, 0.5) is 0 Å². The SMILES string of the molecule is Cc1cn(C)c([C@H]2CCCN2C(=O)c2cscn2)n1. The number of hydrogen-bond donors (Lipinski definition) is 0. The Bertz CT molecular complexity index is 590. The summed E-state index contributed by atoms with van der Waals surface area (Å²) in [5.74, 6) is 0.989. The Kier molecular flexibility index (Phi) is 3.10.